The summed E-state index contributed by atoms with van der Waals surface area (Å²) < 4.78 is 0. The van der Waals surface area contributed by atoms with Gasteiger partial charge in [-0.2, -0.15) is 0 Å². The first-order chi connectivity index (χ1) is 7.02. The molecule has 1 aromatic carbocycles. The lowest BCUT2D eigenvalue weighted by Gasteiger charge is -2.15. The van der Waals surface area contributed by atoms with E-state index in [-0.39, 0.29) is 5.41 Å². The molecule has 0 fully saturated rings. The molecule has 0 atom stereocenters. The predicted octanol–water partition coefficient (Wildman–Crippen LogP) is 2.92. The molecule has 15 heavy (non-hydrogen) atoms. The first kappa shape index (κ1) is 10.2. The van der Waals surface area contributed by atoms with Crippen LogP contribution in [0, 0.1) is 0 Å². The van der Waals surface area contributed by atoms with Crippen LogP contribution < -0.4 is 5.73 Å². The number of hydrogen-bond donors (Lipinski definition) is 2. The van der Waals surface area contributed by atoms with Gasteiger partial charge < -0.3 is 10.7 Å². The summed E-state index contributed by atoms with van der Waals surface area (Å²) in [5.41, 5.74) is 9.53. The molecule has 0 unspecified atom stereocenters. The second-order valence-electron chi connectivity index (χ2n) is 5.02. The smallest absolute Gasteiger partial charge is 0.0459 e. The number of hydrogen-bond acceptors (Lipinski definition) is 1. The molecule has 0 aliphatic carbocycles. The Morgan fingerprint density at radius 2 is 2.00 bits per heavy atom. The van der Waals surface area contributed by atoms with E-state index in [1.165, 1.54) is 22.2 Å². The Bertz CT molecular complexity index is 475. The van der Waals surface area contributed by atoms with Crippen LogP contribution in [0.4, 0.5) is 0 Å². The van der Waals surface area contributed by atoms with Crippen LogP contribution in [-0.4, -0.2) is 4.98 Å². The largest absolute Gasteiger partial charge is 0.358 e. The number of aromatic nitrogens is 1. The Morgan fingerprint density at radius 1 is 1.27 bits per heavy atom. The summed E-state index contributed by atoms with van der Waals surface area (Å²) in [5.74, 6) is 0. The third-order valence-electron chi connectivity index (χ3n) is 2.78. The van der Waals surface area contributed by atoms with Gasteiger partial charge >= 0.3 is 0 Å². The van der Waals surface area contributed by atoms with Crippen LogP contribution in [0.2, 0.25) is 0 Å². The van der Waals surface area contributed by atoms with Crippen molar-refractivity contribution in [1.82, 2.24) is 4.98 Å². The maximum Gasteiger partial charge on any atom is 0.0459 e. The Kier molecular flexibility index (Phi) is 2.31. The van der Waals surface area contributed by atoms with Crippen LogP contribution >= 0.6 is 0 Å². The molecule has 0 bridgehead atoms. The van der Waals surface area contributed by atoms with E-state index in [0.717, 1.165) is 0 Å². The van der Waals surface area contributed by atoms with Crippen molar-refractivity contribution in [3.05, 3.63) is 35.5 Å². The highest BCUT2D eigenvalue weighted by Crippen LogP contribution is 2.27. The topological polar surface area (TPSA) is 41.8 Å². The zero-order valence-electron chi connectivity index (χ0n) is 9.59. The molecule has 2 nitrogen and oxygen atoms in total. The molecular formula is C13H18N2. The second-order valence-corrected chi connectivity index (χ2v) is 5.02. The van der Waals surface area contributed by atoms with E-state index in [9.17, 15) is 0 Å². The Hall–Kier alpha value is -1.28. The van der Waals surface area contributed by atoms with Gasteiger partial charge in [-0.3, -0.25) is 0 Å². The number of rotatable bonds is 1. The number of H-pyrrole nitrogens is 1. The van der Waals surface area contributed by atoms with Crippen LogP contribution in [0.15, 0.2) is 24.3 Å². The number of fused-ring (bicyclic) bond motifs is 1. The Balaban J connectivity index is 2.65. The van der Waals surface area contributed by atoms with Gasteiger partial charge in [0.1, 0.15) is 0 Å². The van der Waals surface area contributed by atoms with Crippen LogP contribution in [-0.2, 0) is 12.0 Å². The molecule has 1 heterocycles. The third kappa shape index (κ3) is 1.77. The van der Waals surface area contributed by atoms with Crippen molar-refractivity contribution in [2.45, 2.75) is 32.7 Å². The quantitative estimate of drug-likeness (QED) is 0.733. The van der Waals surface area contributed by atoms with E-state index >= 15 is 0 Å². The zero-order chi connectivity index (χ0) is 11.1. The van der Waals surface area contributed by atoms with Crippen LogP contribution in [0.25, 0.3) is 10.9 Å². The molecular weight excluding hydrogens is 184 g/mol. The minimum Gasteiger partial charge on any atom is -0.358 e. The molecule has 2 aromatic rings. The molecule has 1 aromatic heterocycles. The fourth-order valence-corrected chi connectivity index (χ4v) is 1.80. The van der Waals surface area contributed by atoms with E-state index in [2.05, 4.69) is 44.0 Å². The lowest BCUT2D eigenvalue weighted by molar-refractivity contribution is 0.574. The summed E-state index contributed by atoms with van der Waals surface area (Å²) in [6, 6.07) is 8.46. The van der Waals surface area contributed by atoms with E-state index in [1.807, 2.05) is 6.07 Å². The van der Waals surface area contributed by atoms with Gasteiger partial charge in [0.2, 0.25) is 0 Å². The summed E-state index contributed by atoms with van der Waals surface area (Å²) >= 11 is 0. The molecule has 0 saturated carbocycles. The second kappa shape index (κ2) is 3.38. The highest BCUT2D eigenvalue weighted by Gasteiger charge is 2.16. The van der Waals surface area contributed by atoms with Crippen molar-refractivity contribution in [3.8, 4) is 0 Å². The lowest BCUT2D eigenvalue weighted by atomic mass is 9.92. The average Bonchev–Trinajstić information content (AvgIpc) is 2.59. The van der Waals surface area contributed by atoms with Gasteiger partial charge in [-0.05, 0) is 17.7 Å². The van der Waals surface area contributed by atoms with Gasteiger partial charge in [-0.1, -0.05) is 32.9 Å². The minimum absolute atomic E-state index is 0.158. The molecule has 2 rings (SSSR count). The van der Waals surface area contributed by atoms with E-state index < -0.39 is 0 Å². The van der Waals surface area contributed by atoms with Crippen LogP contribution in [0.5, 0.6) is 0 Å². The minimum atomic E-state index is 0.158. The third-order valence-corrected chi connectivity index (χ3v) is 2.78. The fraction of sp³-hybridized carbons (Fsp3) is 0.385. The van der Waals surface area contributed by atoms with Crippen LogP contribution in [0.3, 0.4) is 0 Å². The number of aromatic amines is 1. The van der Waals surface area contributed by atoms with Crippen molar-refractivity contribution in [3.63, 3.8) is 0 Å². The number of benzene rings is 1. The molecule has 3 N–H and O–H groups in total. The Morgan fingerprint density at radius 3 is 2.60 bits per heavy atom. The normalized spacial score (nSPS) is 12.3. The molecule has 0 radical (unpaired) electrons. The van der Waals surface area contributed by atoms with Gasteiger partial charge in [0.05, 0.1) is 0 Å². The van der Waals surface area contributed by atoms with E-state index in [0.29, 0.717) is 6.54 Å². The van der Waals surface area contributed by atoms with Gasteiger partial charge in [-0.25, -0.2) is 0 Å². The average molecular weight is 202 g/mol. The monoisotopic (exact) mass is 202 g/mol. The number of nitrogens with two attached hydrogens (primary N) is 1. The maximum atomic E-state index is 5.72. The molecule has 0 spiro atoms. The fourth-order valence-electron chi connectivity index (χ4n) is 1.80. The van der Waals surface area contributed by atoms with Crippen molar-refractivity contribution < 1.29 is 0 Å². The number of nitrogens with one attached hydrogen (secondary N) is 1. The van der Waals surface area contributed by atoms with E-state index in [4.69, 9.17) is 5.73 Å². The van der Waals surface area contributed by atoms with Crippen molar-refractivity contribution in [1.29, 1.82) is 0 Å². The van der Waals surface area contributed by atoms with Crippen molar-refractivity contribution >= 4 is 10.9 Å². The summed E-state index contributed by atoms with van der Waals surface area (Å²) in [7, 11) is 0. The summed E-state index contributed by atoms with van der Waals surface area (Å²) in [4.78, 5) is 3.45. The zero-order valence-corrected chi connectivity index (χ0v) is 9.59. The summed E-state index contributed by atoms with van der Waals surface area (Å²) in [6.45, 7) is 7.22. The van der Waals surface area contributed by atoms with Crippen molar-refractivity contribution in [2.24, 2.45) is 5.73 Å². The lowest BCUT2D eigenvalue weighted by Crippen LogP contribution is -2.10. The molecule has 0 aliphatic heterocycles. The van der Waals surface area contributed by atoms with Crippen molar-refractivity contribution in [2.75, 3.05) is 0 Å². The standard InChI is InChI=1S/C13H18N2/c1-13(2,3)12-7-10-9(8-14)5-4-6-11(10)15-12/h4-7,15H,8,14H2,1-3H3. The Labute approximate surface area is 90.5 Å². The predicted molar refractivity (Wildman–Crippen MR) is 64.9 cm³/mol. The highest BCUT2D eigenvalue weighted by atomic mass is 14.7. The first-order valence-corrected chi connectivity index (χ1v) is 5.33. The summed E-state index contributed by atoms with van der Waals surface area (Å²) in [6.07, 6.45) is 0. The first-order valence-electron chi connectivity index (χ1n) is 5.33. The highest BCUT2D eigenvalue weighted by molar-refractivity contribution is 5.84. The van der Waals surface area contributed by atoms with E-state index in [1.54, 1.807) is 0 Å². The van der Waals surface area contributed by atoms with Gasteiger partial charge in [0, 0.05) is 28.6 Å². The molecule has 0 amide bonds. The molecule has 80 valence electrons. The van der Waals surface area contributed by atoms with Gasteiger partial charge in [0.15, 0.2) is 0 Å². The molecule has 0 saturated heterocycles. The maximum absolute atomic E-state index is 5.72. The molecule has 0 aliphatic rings. The van der Waals surface area contributed by atoms with Gasteiger partial charge in [-0.15, -0.1) is 0 Å². The van der Waals surface area contributed by atoms with Gasteiger partial charge in [0.25, 0.3) is 0 Å². The van der Waals surface area contributed by atoms with Crippen LogP contribution in [0.1, 0.15) is 32.0 Å². The SMILES string of the molecule is CC(C)(C)c1cc2c(CN)cccc2[nH]1. The molecule has 2 heteroatoms. The summed E-state index contributed by atoms with van der Waals surface area (Å²) in [5, 5.41) is 1.25.